The molecule has 2 heterocycles. The number of nitrogens with two attached hydrogens (primary N) is 1. The second kappa shape index (κ2) is 7.30. The number of nitrogens with zero attached hydrogens (tertiary/aromatic N) is 2. The van der Waals surface area contributed by atoms with E-state index in [2.05, 4.69) is 4.90 Å². The Morgan fingerprint density at radius 1 is 1.25 bits per heavy atom. The smallest absolute Gasteiger partial charge is 0.244 e. The Bertz CT molecular complexity index is 622. The molecule has 0 spiro atoms. The number of primary amides is 1. The van der Waals surface area contributed by atoms with Crippen LogP contribution in [0.15, 0.2) is 24.3 Å². The second-order valence-corrected chi connectivity index (χ2v) is 6.75. The molecule has 2 amide bonds. The fourth-order valence-electron chi connectivity index (χ4n) is 3.88. The number of anilines is 1. The summed E-state index contributed by atoms with van der Waals surface area (Å²) in [5.41, 5.74) is 5.60. The topological polar surface area (TPSA) is 66.6 Å². The Kier molecular flexibility index (Phi) is 5.14. The van der Waals surface area contributed by atoms with Gasteiger partial charge in [-0.05, 0) is 50.3 Å². The largest absolute Gasteiger partial charge is 0.370 e. The zero-order valence-corrected chi connectivity index (χ0v) is 13.8. The van der Waals surface area contributed by atoms with Gasteiger partial charge in [-0.1, -0.05) is 12.1 Å². The number of carbonyl (C=O) groups excluding carboxylic acids is 2. The predicted molar refractivity (Wildman–Crippen MR) is 89.9 cm³/mol. The molecular weight excluding hydrogens is 309 g/mol. The SMILES string of the molecule is NC(=O)CCC1CCCN(C2CCN(c3ccccc3F)C2=O)C1. The van der Waals surface area contributed by atoms with Gasteiger partial charge in [-0.25, -0.2) is 4.39 Å². The minimum absolute atomic E-state index is 0.0179. The van der Waals surface area contributed by atoms with Crippen LogP contribution in [-0.2, 0) is 9.59 Å². The van der Waals surface area contributed by atoms with E-state index >= 15 is 0 Å². The van der Waals surface area contributed by atoms with E-state index in [0.29, 0.717) is 24.6 Å². The first-order chi connectivity index (χ1) is 11.6. The molecule has 2 unspecified atom stereocenters. The number of hydrogen-bond donors (Lipinski definition) is 1. The number of amides is 2. The molecule has 2 N–H and O–H groups in total. The summed E-state index contributed by atoms with van der Waals surface area (Å²) < 4.78 is 14.0. The van der Waals surface area contributed by atoms with Crippen molar-refractivity contribution in [2.24, 2.45) is 11.7 Å². The molecule has 0 aromatic heterocycles. The highest BCUT2D eigenvalue weighted by Gasteiger charge is 2.39. The van der Waals surface area contributed by atoms with E-state index in [1.165, 1.54) is 6.07 Å². The summed E-state index contributed by atoms with van der Waals surface area (Å²) in [6.07, 6.45) is 3.99. The Morgan fingerprint density at radius 3 is 2.79 bits per heavy atom. The Morgan fingerprint density at radius 2 is 2.04 bits per heavy atom. The van der Waals surface area contributed by atoms with Crippen molar-refractivity contribution in [1.29, 1.82) is 0 Å². The van der Waals surface area contributed by atoms with Gasteiger partial charge in [0, 0.05) is 19.5 Å². The number of carbonyl (C=O) groups is 2. The molecule has 2 aliphatic heterocycles. The van der Waals surface area contributed by atoms with Gasteiger partial charge < -0.3 is 10.6 Å². The van der Waals surface area contributed by atoms with Crippen LogP contribution in [0.1, 0.15) is 32.1 Å². The third-order valence-corrected chi connectivity index (χ3v) is 5.11. The summed E-state index contributed by atoms with van der Waals surface area (Å²) in [6, 6.07) is 6.24. The van der Waals surface area contributed by atoms with Gasteiger partial charge in [0.25, 0.3) is 0 Å². The molecule has 1 aromatic rings. The first kappa shape index (κ1) is 16.9. The highest BCUT2D eigenvalue weighted by atomic mass is 19.1. The lowest BCUT2D eigenvalue weighted by molar-refractivity contribution is -0.123. The molecule has 2 aliphatic rings. The lowest BCUT2D eigenvalue weighted by Crippen LogP contribution is -2.47. The van der Waals surface area contributed by atoms with E-state index in [1.54, 1.807) is 23.1 Å². The van der Waals surface area contributed by atoms with Crippen LogP contribution in [0.25, 0.3) is 0 Å². The van der Waals surface area contributed by atoms with Crippen LogP contribution < -0.4 is 10.6 Å². The number of halogens is 1. The molecule has 0 radical (unpaired) electrons. The molecule has 5 nitrogen and oxygen atoms in total. The summed E-state index contributed by atoms with van der Waals surface area (Å²) in [5.74, 6) is -0.239. The standard InChI is InChI=1S/C18H24FN3O2/c19-14-5-1-2-6-15(14)22-11-9-16(18(22)24)21-10-3-4-13(12-21)7-8-17(20)23/h1-2,5-6,13,16H,3-4,7-12H2,(H2,20,23). The van der Waals surface area contributed by atoms with Crippen molar-refractivity contribution >= 4 is 17.5 Å². The summed E-state index contributed by atoms with van der Waals surface area (Å²) >= 11 is 0. The van der Waals surface area contributed by atoms with Crippen molar-refractivity contribution in [2.45, 2.75) is 38.1 Å². The molecule has 0 aliphatic carbocycles. The van der Waals surface area contributed by atoms with Gasteiger partial charge in [-0.3, -0.25) is 14.5 Å². The fraction of sp³-hybridized carbons (Fsp3) is 0.556. The van der Waals surface area contributed by atoms with Gasteiger partial charge >= 0.3 is 0 Å². The average Bonchev–Trinajstić information content (AvgIpc) is 2.95. The van der Waals surface area contributed by atoms with Crippen LogP contribution in [0.2, 0.25) is 0 Å². The number of benzene rings is 1. The number of para-hydroxylation sites is 1. The summed E-state index contributed by atoms with van der Waals surface area (Å²) in [7, 11) is 0. The maximum Gasteiger partial charge on any atom is 0.244 e. The van der Waals surface area contributed by atoms with E-state index in [9.17, 15) is 14.0 Å². The molecule has 0 bridgehead atoms. The van der Waals surface area contributed by atoms with Crippen LogP contribution in [0.5, 0.6) is 0 Å². The van der Waals surface area contributed by atoms with Gasteiger partial charge in [-0.15, -0.1) is 0 Å². The average molecular weight is 333 g/mol. The Balaban J connectivity index is 1.64. The third kappa shape index (κ3) is 3.59. The minimum atomic E-state index is -0.357. The monoisotopic (exact) mass is 333 g/mol. The molecule has 6 heteroatoms. The van der Waals surface area contributed by atoms with Gasteiger partial charge in [0.05, 0.1) is 11.7 Å². The van der Waals surface area contributed by atoms with Gasteiger partial charge in [-0.2, -0.15) is 0 Å². The lowest BCUT2D eigenvalue weighted by atomic mass is 9.92. The van der Waals surface area contributed by atoms with E-state index in [-0.39, 0.29) is 23.7 Å². The van der Waals surface area contributed by atoms with E-state index in [4.69, 9.17) is 5.73 Å². The van der Waals surface area contributed by atoms with Crippen LogP contribution in [0, 0.1) is 11.7 Å². The van der Waals surface area contributed by atoms with Crippen molar-refractivity contribution in [3.63, 3.8) is 0 Å². The van der Waals surface area contributed by atoms with Crippen molar-refractivity contribution in [3.05, 3.63) is 30.1 Å². The van der Waals surface area contributed by atoms with E-state index < -0.39 is 0 Å². The van der Waals surface area contributed by atoms with Crippen molar-refractivity contribution in [2.75, 3.05) is 24.5 Å². The minimum Gasteiger partial charge on any atom is -0.370 e. The first-order valence-electron chi connectivity index (χ1n) is 8.64. The first-order valence-corrected chi connectivity index (χ1v) is 8.64. The maximum atomic E-state index is 14.0. The zero-order valence-electron chi connectivity index (χ0n) is 13.8. The Hall–Kier alpha value is -1.95. The molecule has 2 atom stereocenters. The Labute approximate surface area is 141 Å². The zero-order chi connectivity index (χ0) is 17.1. The fourth-order valence-corrected chi connectivity index (χ4v) is 3.88. The third-order valence-electron chi connectivity index (χ3n) is 5.11. The van der Waals surface area contributed by atoms with Crippen molar-refractivity contribution in [3.8, 4) is 0 Å². The quantitative estimate of drug-likeness (QED) is 0.895. The predicted octanol–water partition coefficient (Wildman–Crippen LogP) is 1.91. The molecular formula is C18H24FN3O2. The molecule has 1 aromatic carbocycles. The summed E-state index contributed by atoms with van der Waals surface area (Å²) in [6.45, 7) is 2.25. The second-order valence-electron chi connectivity index (χ2n) is 6.75. The van der Waals surface area contributed by atoms with Crippen LogP contribution in [0.3, 0.4) is 0 Å². The van der Waals surface area contributed by atoms with Crippen LogP contribution in [-0.4, -0.2) is 42.4 Å². The van der Waals surface area contributed by atoms with Crippen molar-refractivity contribution in [1.82, 2.24) is 4.90 Å². The number of rotatable bonds is 5. The highest BCUT2D eigenvalue weighted by Crippen LogP contribution is 2.30. The van der Waals surface area contributed by atoms with E-state index in [1.807, 2.05) is 0 Å². The van der Waals surface area contributed by atoms with Gasteiger partial charge in [0.2, 0.25) is 11.8 Å². The highest BCUT2D eigenvalue weighted by molar-refractivity contribution is 5.99. The number of hydrogen-bond acceptors (Lipinski definition) is 3. The summed E-state index contributed by atoms with van der Waals surface area (Å²) in [4.78, 5) is 27.5. The molecule has 24 heavy (non-hydrogen) atoms. The maximum absolute atomic E-state index is 14.0. The van der Waals surface area contributed by atoms with Crippen LogP contribution >= 0.6 is 0 Å². The lowest BCUT2D eigenvalue weighted by Gasteiger charge is -2.35. The van der Waals surface area contributed by atoms with Crippen molar-refractivity contribution < 1.29 is 14.0 Å². The number of piperidine rings is 1. The molecule has 3 rings (SSSR count). The molecule has 2 fully saturated rings. The molecule has 2 saturated heterocycles. The van der Waals surface area contributed by atoms with Gasteiger partial charge in [0.15, 0.2) is 0 Å². The van der Waals surface area contributed by atoms with E-state index in [0.717, 1.165) is 38.8 Å². The van der Waals surface area contributed by atoms with Gasteiger partial charge in [0.1, 0.15) is 5.82 Å². The van der Waals surface area contributed by atoms with Crippen LogP contribution in [0.4, 0.5) is 10.1 Å². The molecule has 130 valence electrons. The number of likely N-dealkylation sites (tertiary alicyclic amines) is 1. The normalized spacial score (nSPS) is 25.2. The molecule has 0 saturated carbocycles. The summed E-state index contributed by atoms with van der Waals surface area (Å²) in [5, 5.41) is 0.